The van der Waals surface area contributed by atoms with Crippen molar-refractivity contribution in [2.24, 2.45) is 0 Å². The number of sulfonamides is 1. The molecule has 0 aliphatic rings. The maximum atomic E-state index is 14.1. The molecule has 0 saturated carbocycles. The van der Waals surface area contributed by atoms with E-state index in [1.54, 1.807) is 36.4 Å². The Morgan fingerprint density at radius 2 is 1.45 bits per heavy atom. The fourth-order valence-electron chi connectivity index (χ4n) is 4.23. The predicted molar refractivity (Wildman–Crippen MR) is 161 cm³/mol. The van der Waals surface area contributed by atoms with Gasteiger partial charge in [0.25, 0.3) is 10.0 Å². The minimum atomic E-state index is -4.17. The molecule has 10 heteroatoms. The average molecular weight is 605 g/mol. The van der Waals surface area contributed by atoms with Crippen LogP contribution < -0.4 is 9.62 Å². The summed E-state index contributed by atoms with van der Waals surface area (Å²) in [6, 6.07) is 17.1. The summed E-state index contributed by atoms with van der Waals surface area (Å²) in [6.45, 7) is 8.90. The molecule has 0 aliphatic carbocycles. The number of aryl methyl sites for hydroxylation is 2. The molecule has 0 bridgehead atoms. The summed E-state index contributed by atoms with van der Waals surface area (Å²) in [5.74, 6) is -0.824. The van der Waals surface area contributed by atoms with Gasteiger partial charge in [0.15, 0.2) is 0 Å². The van der Waals surface area contributed by atoms with Crippen molar-refractivity contribution >= 4 is 50.7 Å². The van der Waals surface area contributed by atoms with Gasteiger partial charge in [-0.1, -0.05) is 48.3 Å². The van der Waals surface area contributed by atoms with Crippen LogP contribution in [0.25, 0.3) is 0 Å². The molecule has 1 atom stereocenters. The molecule has 0 fully saturated rings. The van der Waals surface area contributed by atoms with Gasteiger partial charge in [-0.15, -0.1) is 0 Å². The normalized spacial score (nSPS) is 12.2. The van der Waals surface area contributed by atoms with Crippen molar-refractivity contribution in [2.75, 3.05) is 10.8 Å². The first-order valence-electron chi connectivity index (χ1n) is 13.0. The smallest absolute Gasteiger partial charge is 0.264 e. The maximum absolute atomic E-state index is 14.1. The van der Waals surface area contributed by atoms with E-state index in [4.69, 9.17) is 23.2 Å². The summed E-state index contributed by atoms with van der Waals surface area (Å²) in [5, 5.41) is 3.82. The van der Waals surface area contributed by atoms with E-state index in [2.05, 4.69) is 5.32 Å². The molecule has 1 N–H and O–H groups in total. The molecule has 0 unspecified atom stereocenters. The number of rotatable bonds is 11. The quantitative estimate of drug-likeness (QED) is 0.285. The standard InChI is InChI=1S/C30H35Cl2N3O4S/c1-6-28(30(37)33-20(2)3)34(18-23-8-10-24(31)11-9-23)29(36)19-35(26-14-7-21(4)22(5)17-26)40(38,39)27-15-12-25(32)13-16-27/h7-17,20,28H,6,18-19H2,1-5H3,(H,33,37)/t28-/m0/s1. The van der Waals surface area contributed by atoms with Crippen LogP contribution >= 0.6 is 23.2 Å². The highest BCUT2D eigenvalue weighted by Crippen LogP contribution is 2.27. The lowest BCUT2D eigenvalue weighted by Crippen LogP contribution is -2.53. The lowest BCUT2D eigenvalue weighted by molar-refractivity contribution is -0.140. The lowest BCUT2D eigenvalue weighted by atomic mass is 10.1. The summed E-state index contributed by atoms with van der Waals surface area (Å²) in [4.78, 5) is 28.7. The van der Waals surface area contributed by atoms with E-state index in [1.165, 1.54) is 29.2 Å². The van der Waals surface area contributed by atoms with Crippen LogP contribution in [0, 0.1) is 13.8 Å². The zero-order valence-corrected chi connectivity index (χ0v) is 25.6. The van der Waals surface area contributed by atoms with Crippen molar-refractivity contribution in [3.63, 3.8) is 0 Å². The number of benzene rings is 3. The Balaban J connectivity index is 2.08. The molecule has 0 spiro atoms. The maximum Gasteiger partial charge on any atom is 0.264 e. The minimum absolute atomic E-state index is 0.00299. The first-order valence-corrected chi connectivity index (χ1v) is 15.2. The van der Waals surface area contributed by atoms with Gasteiger partial charge in [0.1, 0.15) is 12.6 Å². The largest absolute Gasteiger partial charge is 0.352 e. The lowest BCUT2D eigenvalue weighted by Gasteiger charge is -2.33. The van der Waals surface area contributed by atoms with Gasteiger partial charge in [-0.05, 0) is 99.3 Å². The fourth-order valence-corrected chi connectivity index (χ4v) is 5.89. The zero-order valence-electron chi connectivity index (χ0n) is 23.3. The molecule has 0 radical (unpaired) electrons. The van der Waals surface area contributed by atoms with Crippen LogP contribution in [0.3, 0.4) is 0 Å². The van der Waals surface area contributed by atoms with Crippen LogP contribution in [-0.2, 0) is 26.2 Å². The van der Waals surface area contributed by atoms with Crippen LogP contribution in [0.1, 0.15) is 43.9 Å². The van der Waals surface area contributed by atoms with E-state index in [0.717, 1.165) is 21.0 Å². The van der Waals surface area contributed by atoms with Gasteiger partial charge < -0.3 is 10.2 Å². The Hall–Kier alpha value is -3.07. The number of nitrogens with one attached hydrogen (secondary N) is 1. The molecule has 3 aromatic rings. The van der Waals surface area contributed by atoms with Gasteiger partial charge in [-0.2, -0.15) is 0 Å². The second-order valence-electron chi connectivity index (χ2n) is 9.97. The van der Waals surface area contributed by atoms with Crippen molar-refractivity contribution in [3.05, 3.63) is 93.5 Å². The number of amides is 2. The van der Waals surface area contributed by atoms with Gasteiger partial charge in [0.2, 0.25) is 11.8 Å². The van der Waals surface area contributed by atoms with Crippen LogP contribution in [0.5, 0.6) is 0 Å². The molecule has 7 nitrogen and oxygen atoms in total. The summed E-state index contributed by atoms with van der Waals surface area (Å²) in [6.07, 6.45) is 0.339. The van der Waals surface area contributed by atoms with E-state index in [1.807, 2.05) is 40.7 Å². The minimum Gasteiger partial charge on any atom is -0.352 e. The van der Waals surface area contributed by atoms with Gasteiger partial charge in [0, 0.05) is 22.6 Å². The Labute approximate surface area is 247 Å². The van der Waals surface area contributed by atoms with Crippen molar-refractivity contribution in [1.82, 2.24) is 10.2 Å². The van der Waals surface area contributed by atoms with Crippen LogP contribution in [0.2, 0.25) is 10.0 Å². The summed E-state index contributed by atoms with van der Waals surface area (Å²) < 4.78 is 29.0. The van der Waals surface area contributed by atoms with Gasteiger partial charge in [-0.3, -0.25) is 13.9 Å². The number of carbonyl (C=O) groups is 2. The Kier molecular flexibility index (Phi) is 10.6. The molecule has 0 aromatic heterocycles. The van der Waals surface area contributed by atoms with Crippen LogP contribution in [0.15, 0.2) is 71.6 Å². The summed E-state index contributed by atoms with van der Waals surface area (Å²) in [5.41, 5.74) is 2.96. The van der Waals surface area contributed by atoms with Crippen molar-refractivity contribution in [2.45, 2.75) is 64.6 Å². The van der Waals surface area contributed by atoms with Gasteiger partial charge in [0.05, 0.1) is 10.6 Å². The number of hydrogen-bond donors (Lipinski definition) is 1. The molecule has 214 valence electrons. The van der Waals surface area contributed by atoms with Crippen molar-refractivity contribution < 1.29 is 18.0 Å². The van der Waals surface area contributed by atoms with Crippen LogP contribution in [-0.4, -0.2) is 43.8 Å². The molecule has 0 heterocycles. The average Bonchev–Trinajstić information content (AvgIpc) is 2.89. The summed E-state index contributed by atoms with van der Waals surface area (Å²) >= 11 is 12.1. The van der Waals surface area contributed by atoms with Gasteiger partial charge in [-0.25, -0.2) is 8.42 Å². The number of anilines is 1. The first kappa shape index (κ1) is 31.5. The third kappa shape index (κ3) is 7.77. The number of carbonyl (C=O) groups excluding carboxylic acids is 2. The van der Waals surface area contributed by atoms with Gasteiger partial charge >= 0.3 is 0 Å². The SMILES string of the molecule is CC[C@@H](C(=O)NC(C)C)N(Cc1ccc(Cl)cc1)C(=O)CN(c1ccc(C)c(C)c1)S(=O)(=O)c1ccc(Cl)cc1. The molecule has 0 aliphatic heterocycles. The Morgan fingerprint density at radius 1 is 0.875 bits per heavy atom. The molecule has 2 amide bonds. The van der Waals surface area contributed by atoms with Crippen molar-refractivity contribution in [1.29, 1.82) is 0 Å². The highest BCUT2D eigenvalue weighted by atomic mass is 35.5. The zero-order chi connectivity index (χ0) is 29.6. The number of nitrogens with zero attached hydrogens (tertiary/aromatic N) is 2. The highest BCUT2D eigenvalue weighted by Gasteiger charge is 2.34. The second kappa shape index (κ2) is 13.5. The molecular formula is C30H35Cl2N3O4S. The first-order chi connectivity index (χ1) is 18.8. The molecule has 3 rings (SSSR count). The molecule has 3 aromatic carbocycles. The predicted octanol–water partition coefficient (Wildman–Crippen LogP) is 6.14. The van der Waals surface area contributed by atoms with E-state index in [-0.39, 0.29) is 23.4 Å². The highest BCUT2D eigenvalue weighted by molar-refractivity contribution is 7.92. The van der Waals surface area contributed by atoms with E-state index >= 15 is 0 Å². The Morgan fingerprint density at radius 3 is 1.98 bits per heavy atom. The summed E-state index contributed by atoms with van der Waals surface area (Å²) in [7, 11) is -4.17. The monoisotopic (exact) mass is 603 g/mol. The number of hydrogen-bond acceptors (Lipinski definition) is 4. The fraction of sp³-hybridized carbons (Fsp3) is 0.333. The molecular weight excluding hydrogens is 569 g/mol. The second-order valence-corrected chi connectivity index (χ2v) is 12.7. The van der Waals surface area contributed by atoms with Crippen molar-refractivity contribution in [3.8, 4) is 0 Å². The van der Waals surface area contributed by atoms with Crippen LogP contribution in [0.4, 0.5) is 5.69 Å². The van der Waals surface area contributed by atoms with E-state index in [0.29, 0.717) is 22.2 Å². The van der Waals surface area contributed by atoms with E-state index < -0.39 is 28.5 Å². The third-order valence-electron chi connectivity index (χ3n) is 6.54. The Bertz CT molecular complexity index is 1440. The molecule has 0 saturated heterocycles. The van der Waals surface area contributed by atoms with E-state index in [9.17, 15) is 18.0 Å². The number of halogens is 2. The third-order valence-corrected chi connectivity index (χ3v) is 8.83. The molecule has 40 heavy (non-hydrogen) atoms. The topological polar surface area (TPSA) is 86.8 Å².